The largest absolute Gasteiger partial charge is 0.416 e. The monoisotopic (exact) mass is 468 g/mol. The third-order valence-corrected chi connectivity index (χ3v) is 6.18. The molecule has 5 rings (SSSR count). The number of nitrogens with zero attached hydrogens (tertiary/aromatic N) is 4. The van der Waals surface area contributed by atoms with Crippen molar-refractivity contribution in [3.8, 4) is 22.9 Å². The number of aromatic nitrogens is 2. The third kappa shape index (κ3) is 5.25. The van der Waals surface area contributed by atoms with Gasteiger partial charge in [0, 0.05) is 49.1 Å². The van der Waals surface area contributed by atoms with Crippen LogP contribution in [0.4, 0.5) is 5.69 Å². The highest BCUT2D eigenvalue weighted by molar-refractivity contribution is 5.94. The average Bonchev–Trinajstić information content (AvgIpc) is 3.40. The number of morpholine rings is 1. The van der Waals surface area contributed by atoms with Crippen LogP contribution in [0, 0.1) is 6.92 Å². The van der Waals surface area contributed by atoms with Crippen molar-refractivity contribution in [1.82, 2.24) is 15.1 Å². The summed E-state index contributed by atoms with van der Waals surface area (Å²) in [5, 5.41) is 8.33. The van der Waals surface area contributed by atoms with Crippen LogP contribution in [-0.2, 0) is 11.3 Å². The summed E-state index contributed by atoms with van der Waals surface area (Å²) in [6, 6.07) is 23.6. The normalized spacial score (nSPS) is 13.6. The molecule has 0 atom stereocenters. The Morgan fingerprint density at radius 2 is 1.43 bits per heavy atom. The van der Waals surface area contributed by atoms with Gasteiger partial charge in [0.1, 0.15) is 0 Å². The van der Waals surface area contributed by atoms with Crippen molar-refractivity contribution >= 4 is 11.6 Å². The molecule has 0 radical (unpaired) electrons. The number of aryl methyl sites for hydroxylation is 1. The van der Waals surface area contributed by atoms with Crippen LogP contribution in [0.25, 0.3) is 22.9 Å². The first-order valence-corrected chi connectivity index (χ1v) is 11.7. The Kier molecular flexibility index (Phi) is 6.59. The van der Waals surface area contributed by atoms with Gasteiger partial charge in [-0.15, -0.1) is 10.2 Å². The standard InChI is InChI=1S/C28H28N4O3/c1-20-3-7-22(8-4-20)26-29-30-27(35-26)23-9-11-24(12-10-23)28(33)31(2)19-21-5-13-25(14-6-21)32-15-17-34-18-16-32/h3-14H,15-19H2,1-2H3. The van der Waals surface area contributed by atoms with Gasteiger partial charge >= 0.3 is 0 Å². The van der Waals surface area contributed by atoms with E-state index in [1.807, 2.05) is 50.4 Å². The lowest BCUT2D eigenvalue weighted by Crippen LogP contribution is -2.36. The maximum Gasteiger partial charge on any atom is 0.253 e. The number of benzene rings is 3. The Morgan fingerprint density at radius 1 is 0.857 bits per heavy atom. The zero-order valence-corrected chi connectivity index (χ0v) is 20.0. The van der Waals surface area contributed by atoms with Gasteiger partial charge < -0.3 is 19.0 Å². The Hall–Kier alpha value is -3.97. The van der Waals surface area contributed by atoms with Crippen LogP contribution in [0.5, 0.6) is 0 Å². The Balaban J connectivity index is 1.22. The lowest BCUT2D eigenvalue weighted by atomic mass is 10.1. The van der Waals surface area contributed by atoms with Crippen LogP contribution >= 0.6 is 0 Å². The number of hydrogen-bond acceptors (Lipinski definition) is 6. The highest BCUT2D eigenvalue weighted by Gasteiger charge is 2.15. The van der Waals surface area contributed by atoms with Crippen molar-refractivity contribution < 1.29 is 13.9 Å². The first kappa shape index (κ1) is 22.8. The van der Waals surface area contributed by atoms with Gasteiger partial charge in [-0.05, 0) is 61.0 Å². The fraction of sp³-hybridized carbons (Fsp3) is 0.250. The van der Waals surface area contributed by atoms with Gasteiger partial charge in [-0.25, -0.2) is 0 Å². The van der Waals surface area contributed by atoms with Crippen molar-refractivity contribution in [2.75, 3.05) is 38.3 Å². The minimum Gasteiger partial charge on any atom is -0.416 e. The molecule has 7 heteroatoms. The predicted octanol–water partition coefficient (Wildman–Crippen LogP) is 4.82. The highest BCUT2D eigenvalue weighted by Crippen LogP contribution is 2.25. The van der Waals surface area contributed by atoms with E-state index >= 15 is 0 Å². The van der Waals surface area contributed by atoms with E-state index in [1.54, 1.807) is 17.0 Å². The molecule has 0 saturated carbocycles. The smallest absolute Gasteiger partial charge is 0.253 e. The number of anilines is 1. The molecule has 1 amide bonds. The fourth-order valence-corrected chi connectivity index (χ4v) is 4.11. The van der Waals surface area contributed by atoms with Gasteiger partial charge in [-0.2, -0.15) is 0 Å². The molecule has 1 fully saturated rings. The van der Waals surface area contributed by atoms with E-state index in [0.29, 0.717) is 23.9 Å². The summed E-state index contributed by atoms with van der Waals surface area (Å²) in [5.74, 6) is 0.854. The van der Waals surface area contributed by atoms with Crippen molar-refractivity contribution in [3.63, 3.8) is 0 Å². The van der Waals surface area contributed by atoms with Crippen molar-refractivity contribution in [2.45, 2.75) is 13.5 Å². The molecule has 7 nitrogen and oxygen atoms in total. The van der Waals surface area contributed by atoms with E-state index in [1.165, 1.54) is 11.3 Å². The summed E-state index contributed by atoms with van der Waals surface area (Å²) < 4.78 is 11.3. The Bertz CT molecular complexity index is 1280. The number of amides is 1. The second-order valence-corrected chi connectivity index (χ2v) is 8.78. The molecule has 178 valence electrons. The molecule has 0 bridgehead atoms. The summed E-state index contributed by atoms with van der Waals surface area (Å²) in [6.07, 6.45) is 0. The fourth-order valence-electron chi connectivity index (χ4n) is 4.11. The van der Waals surface area contributed by atoms with E-state index in [9.17, 15) is 4.79 Å². The molecule has 0 spiro atoms. The van der Waals surface area contributed by atoms with E-state index in [0.717, 1.165) is 43.0 Å². The quantitative estimate of drug-likeness (QED) is 0.404. The molecule has 0 unspecified atom stereocenters. The van der Waals surface area contributed by atoms with Gasteiger partial charge in [0.15, 0.2) is 0 Å². The molecular formula is C28H28N4O3. The zero-order chi connectivity index (χ0) is 24.2. The van der Waals surface area contributed by atoms with Gasteiger partial charge in [-0.1, -0.05) is 29.8 Å². The van der Waals surface area contributed by atoms with Crippen LogP contribution in [0.3, 0.4) is 0 Å². The van der Waals surface area contributed by atoms with Gasteiger partial charge in [0.25, 0.3) is 5.91 Å². The van der Waals surface area contributed by atoms with Gasteiger partial charge in [-0.3, -0.25) is 4.79 Å². The van der Waals surface area contributed by atoms with Crippen LogP contribution < -0.4 is 4.90 Å². The van der Waals surface area contributed by atoms with E-state index in [-0.39, 0.29) is 5.91 Å². The lowest BCUT2D eigenvalue weighted by molar-refractivity contribution is 0.0785. The maximum atomic E-state index is 13.0. The molecular weight excluding hydrogens is 440 g/mol. The molecule has 0 aliphatic carbocycles. The summed E-state index contributed by atoms with van der Waals surface area (Å²) in [4.78, 5) is 17.0. The molecule has 1 aliphatic heterocycles. The highest BCUT2D eigenvalue weighted by atomic mass is 16.5. The molecule has 35 heavy (non-hydrogen) atoms. The minimum atomic E-state index is -0.0420. The van der Waals surface area contributed by atoms with E-state index < -0.39 is 0 Å². The third-order valence-electron chi connectivity index (χ3n) is 6.18. The van der Waals surface area contributed by atoms with Crippen molar-refractivity contribution in [3.05, 3.63) is 89.5 Å². The van der Waals surface area contributed by atoms with Crippen LogP contribution in [-0.4, -0.2) is 54.4 Å². The number of carbonyl (C=O) groups is 1. The topological polar surface area (TPSA) is 71.7 Å². The van der Waals surface area contributed by atoms with Gasteiger partial charge in [0.2, 0.25) is 11.8 Å². The van der Waals surface area contributed by atoms with E-state index in [2.05, 4.69) is 39.4 Å². The minimum absolute atomic E-state index is 0.0420. The summed E-state index contributed by atoms with van der Waals surface area (Å²) in [7, 11) is 1.82. The van der Waals surface area contributed by atoms with Gasteiger partial charge in [0.05, 0.1) is 13.2 Å². The molecule has 1 saturated heterocycles. The zero-order valence-electron chi connectivity index (χ0n) is 20.0. The summed E-state index contributed by atoms with van der Waals surface area (Å²) in [6.45, 7) is 5.91. The Morgan fingerprint density at radius 3 is 2.03 bits per heavy atom. The molecule has 1 aliphatic rings. The van der Waals surface area contributed by atoms with Crippen molar-refractivity contribution in [1.29, 1.82) is 0 Å². The number of carbonyl (C=O) groups excluding carboxylic acids is 1. The second-order valence-electron chi connectivity index (χ2n) is 8.78. The maximum absolute atomic E-state index is 13.0. The average molecular weight is 469 g/mol. The second kappa shape index (κ2) is 10.1. The SMILES string of the molecule is Cc1ccc(-c2nnc(-c3ccc(C(=O)N(C)Cc4ccc(N5CCOCC5)cc4)cc3)o2)cc1. The summed E-state index contributed by atoms with van der Waals surface area (Å²) in [5.41, 5.74) is 5.70. The van der Waals surface area contributed by atoms with E-state index in [4.69, 9.17) is 9.15 Å². The molecule has 1 aromatic heterocycles. The van der Waals surface area contributed by atoms with Crippen molar-refractivity contribution in [2.24, 2.45) is 0 Å². The lowest BCUT2D eigenvalue weighted by Gasteiger charge is -2.29. The Labute approximate surface area is 205 Å². The van der Waals surface area contributed by atoms with Crippen LogP contribution in [0.15, 0.2) is 77.2 Å². The molecule has 2 heterocycles. The predicted molar refractivity (Wildman–Crippen MR) is 135 cm³/mol. The molecule has 3 aromatic carbocycles. The number of ether oxygens (including phenoxy) is 1. The number of hydrogen-bond donors (Lipinski definition) is 0. The van der Waals surface area contributed by atoms with Crippen LogP contribution in [0.2, 0.25) is 0 Å². The summed E-state index contributed by atoms with van der Waals surface area (Å²) >= 11 is 0. The molecule has 4 aromatic rings. The molecule has 0 N–H and O–H groups in total. The first-order chi connectivity index (χ1) is 17.1. The van der Waals surface area contributed by atoms with Crippen LogP contribution in [0.1, 0.15) is 21.5 Å². The first-order valence-electron chi connectivity index (χ1n) is 11.7. The number of rotatable bonds is 6.